The van der Waals surface area contributed by atoms with Crippen LogP contribution in [0, 0.1) is 0 Å². The molecule has 6 nitrogen and oxygen atoms in total. The van der Waals surface area contributed by atoms with E-state index in [0.29, 0.717) is 32.8 Å². The van der Waals surface area contributed by atoms with E-state index in [0.717, 1.165) is 19.3 Å². The number of carboxylic acids is 1. The minimum absolute atomic E-state index is 0.0417. The lowest BCUT2D eigenvalue weighted by atomic mass is 10.2. The van der Waals surface area contributed by atoms with Crippen LogP contribution >= 0.6 is 0 Å². The van der Waals surface area contributed by atoms with Gasteiger partial charge in [0.1, 0.15) is 0 Å². The first-order valence-corrected chi connectivity index (χ1v) is 6.28. The Morgan fingerprint density at radius 1 is 0.944 bits per heavy atom. The van der Waals surface area contributed by atoms with Gasteiger partial charge in [0.05, 0.1) is 39.6 Å². The van der Waals surface area contributed by atoms with Crippen LogP contribution in [0.3, 0.4) is 0 Å². The highest BCUT2D eigenvalue weighted by molar-refractivity contribution is 5.66. The van der Waals surface area contributed by atoms with E-state index in [9.17, 15) is 4.79 Å². The lowest BCUT2D eigenvalue weighted by Gasteiger charge is -2.01. The summed E-state index contributed by atoms with van der Waals surface area (Å²) < 4.78 is 9.75. The molecule has 6 heteroatoms. The van der Waals surface area contributed by atoms with Crippen molar-refractivity contribution in [2.45, 2.75) is 32.6 Å². The molecule has 0 fully saturated rings. The van der Waals surface area contributed by atoms with E-state index < -0.39 is 5.97 Å². The quantitative estimate of drug-likeness (QED) is 0.475. The minimum atomic E-state index is -0.682. The van der Waals surface area contributed by atoms with Crippen LogP contribution in [0.4, 0.5) is 0 Å². The van der Waals surface area contributed by atoms with Crippen LogP contribution in [0.15, 0.2) is 0 Å². The molecule has 0 aromatic heterocycles. The summed E-state index contributed by atoms with van der Waals surface area (Å²) in [5, 5.41) is 24.7. The average Bonchev–Trinajstić information content (AvgIpc) is 2.34. The lowest BCUT2D eigenvalue weighted by Crippen LogP contribution is -2.09. The predicted molar refractivity (Wildman–Crippen MR) is 67.6 cm³/mol. The van der Waals surface area contributed by atoms with Crippen LogP contribution in [0.25, 0.3) is 0 Å². The van der Waals surface area contributed by atoms with Gasteiger partial charge in [0.15, 0.2) is 0 Å². The Morgan fingerprint density at radius 3 is 1.78 bits per heavy atom. The number of hydrogen-bond acceptors (Lipinski definition) is 5. The van der Waals surface area contributed by atoms with Crippen molar-refractivity contribution in [1.29, 1.82) is 0 Å². The third kappa shape index (κ3) is 24.5. The molecule has 0 rings (SSSR count). The maximum Gasteiger partial charge on any atom is 0.303 e. The molecule has 0 spiro atoms. The first-order valence-electron chi connectivity index (χ1n) is 6.28. The number of carboxylic acid groups (broad SMARTS) is 1. The summed E-state index contributed by atoms with van der Waals surface area (Å²) >= 11 is 0. The van der Waals surface area contributed by atoms with Crippen LogP contribution in [0.5, 0.6) is 0 Å². The summed E-state index contributed by atoms with van der Waals surface area (Å²) in [4.78, 5) is 9.87. The first kappa shape index (κ1) is 19.6. The molecule has 110 valence electrons. The maximum atomic E-state index is 9.87. The smallest absolute Gasteiger partial charge is 0.303 e. The molecule has 0 aliphatic rings. The van der Waals surface area contributed by atoms with Gasteiger partial charge in [-0.05, 0) is 6.42 Å². The standard InChI is InChI=1S/C6H14O4.C6H12O2/c7-1-3-9-5-6-10-4-2-8;1-2-3-4-5-6(7)8/h7-8H,1-6H2;2-5H2,1H3,(H,7,8). The van der Waals surface area contributed by atoms with Gasteiger partial charge in [-0.25, -0.2) is 0 Å². The third-order valence-corrected chi connectivity index (χ3v) is 1.84. The molecule has 0 bridgehead atoms. The van der Waals surface area contributed by atoms with Crippen LogP contribution in [-0.4, -0.2) is 60.9 Å². The van der Waals surface area contributed by atoms with Gasteiger partial charge in [-0.1, -0.05) is 19.8 Å². The van der Waals surface area contributed by atoms with Crippen LogP contribution in [0.2, 0.25) is 0 Å². The second-order valence-corrected chi connectivity index (χ2v) is 3.52. The van der Waals surface area contributed by atoms with E-state index in [2.05, 4.69) is 6.92 Å². The van der Waals surface area contributed by atoms with E-state index in [4.69, 9.17) is 24.8 Å². The lowest BCUT2D eigenvalue weighted by molar-refractivity contribution is -0.137. The third-order valence-electron chi connectivity index (χ3n) is 1.84. The largest absolute Gasteiger partial charge is 0.481 e. The van der Waals surface area contributed by atoms with E-state index in [1.807, 2.05) is 0 Å². The monoisotopic (exact) mass is 266 g/mol. The molecule has 0 atom stereocenters. The molecular weight excluding hydrogens is 240 g/mol. The highest BCUT2D eigenvalue weighted by Crippen LogP contribution is 1.97. The number of aliphatic hydroxyl groups is 2. The number of ether oxygens (including phenoxy) is 2. The van der Waals surface area contributed by atoms with Crippen LogP contribution in [-0.2, 0) is 14.3 Å². The maximum absolute atomic E-state index is 9.87. The first-order chi connectivity index (χ1) is 8.68. The predicted octanol–water partition coefficient (Wildman–Crippen LogP) is 0.655. The average molecular weight is 266 g/mol. The molecule has 0 aromatic carbocycles. The Balaban J connectivity index is 0. The van der Waals surface area contributed by atoms with Crippen molar-refractivity contribution in [2.75, 3.05) is 39.6 Å². The van der Waals surface area contributed by atoms with Crippen molar-refractivity contribution in [2.24, 2.45) is 0 Å². The van der Waals surface area contributed by atoms with Crippen LogP contribution < -0.4 is 0 Å². The Kier molecular flexibility index (Phi) is 20.4. The fourth-order valence-electron chi connectivity index (χ4n) is 0.977. The Morgan fingerprint density at radius 2 is 1.44 bits per heavy atom. The molecule has 0 heterocycles. The summed E-state index contributed by atoms with van der Waals surface area (Å²) in [7, 11) is 0. The highest BCUT2D eigenvalue weighted by Gasteiger charge is 1.92. The van der Waals surface area contributed by atoms with Gasteiger partial charge in [-0.15, -0.1) is 0 Å². The molecule has 0 aliphatic heterocycles. The van der Waals surface area contributed by atoms with Gasteiger partial charge in [0, 0.05) is 6.42 Å². The van der Waals surface area contributed by atoms with E-state index in [1.165, 1.54) is 0 Å². The van der Waals surface area contributed by atoms with Gasteiger partial charge in [0.25, 0.3) is 0 Å². The number of carbonyl (C=O) groups is 1. The molecule has 3 N–H and O–H groups in total. The van der Waals surface area contributed by atoms with Crippen molar-refractivity contribution in [3.8, 4) is 0 Å². The SMILES string of the molecule is CCCCCC(=O)O.OCCOCCOCCO. The zero-order valence-corrected chi connectivity index (χ0v) is 11.1. The van der Waals surface area contributed by atoms with Crippen molar-refractivity contribution >= 4 is 5.97 Å². The van der Waals surface area contributed by atoms with Crippen molar-refractivity contribution in [3.05, 3.63) is 0 Å². The fourth-order valence-corrected chi connectivity index (χ4v) is 0.977. The van der Waals surface area contributed by atoms with E-state index in [1.54, 1.807) is 0 Å². The summed E-state index contributed by atoms with van der Waals surface area (Å²) in [6.45, 7) is 3.79. The number of aliphatic hydroxyl groups excluding tert-OH is 2. The summed E-state index contributed by atoms with van der Waals surface area (Å²) in [5.41, 5.74) is 0. The molecule has 0 unspecified atom stereocenters. The fraction of sp³-hybridized carbons (Fsp3) is 0.917. The molecule has 0 saturated heterocycles. The van der Waals surface area contributed by atoms with Gasteiger partial charge in [-0.3, -0.25) is 4.79 Å². The summed E-state index contributed by atoms with van der Waals surface area (Å²) in [5.74, 6) is -0.682. The zero-order valence-electron chi connectivity index (χ0n) is 11.1. The molecule has 0 amide bonds. The normalized spacial score (nSPS) is 9.72. The Labute approximate surface area is 109 Å². The second-order valence-electron chi connectivity index (χ2n) is 3.52. The Bertz CT molecular complexity index is 155. The van der Waals surface area contributed by atoms with Gasteiger partial charge >= 0.3 is 5.97 Å². The summed E-state index contributed by atoms with van der Waals surface area (Å²) in [6.07, 6.45) is 3.28. The van der Waals surface area contributed by atoms with Crippen LogP contribution in [0.1, 0.15) is 32.6 Å². The second kappa shape index (κ2) is 18.7. The topological polar surface area (TPSA) is 96.2 Å². The molecule has 0 aliphatic carbocycles. The highest BCUT2D eigenvalue weighted by atomic mass is 16.5. The number of hydrogen-bond donors (Lipinski definition) is 3. The van der Waals surface area contributed by atoms with Crippen molar-refractivity contribution in [3.63, 3.8) is 0 Å². The zero-order chi connectivity index (χ0) is 14.1. The summed E-state index contributed by atoms with van der Waals surface area (Å²) in [6, 6.07) is 0. The number of aliphatic carboxylic acids is 1. The number of unbranched alkanes of at least 4 members (excludes halogenated alkanes) is 2. The van der Waals surface area contributed by atoms with Crippen molar-refractivity contribution in [1.82, 2.24) is 0 Å². The molecule has 0 radical (unpaired) electrons. The van der Waals surface area contributed by atoms with E-state index >= 15 is 0 Å². The van der Waals surface area contributed by atoms with E-state index in [-0.39, 0.29) is 13.2 Å². The van der Waals surface area contributed by atoms with Gasteiger partial charge < -0.3 is 24.8 Å². The molecule has 18 heavy (non-hydrogen) atoms. The minimum Gasteiger partial charge on any atom is -0.481 e. The number of rotatable bonds is 11. The van der Waals surface area contributed by atoms with Gasteiger partial charge in [-0.2, -0.15) is 0 Å². The van der Waals surface area contributed by atoms with Crippen molar-refractivity contribution < 1.29 is 29.6 Å². The molecule has 0 aromatic rings. The van der Waals surface area contributed by atoms with Gasteiger partial charge in [0.2, 0.25) is 0 Å². The molecule has 0 saturated carbocycles. The molecular formula is C12H26O6. The Hall–Kier alpha value is -0.690.